The highest BCUT2D eigenvalue weighted by Crippen LogP contribution is 2.29. The molecule has 0 spiro atoms. The van der Waals surface area contributed by atoms with Crippen molar-refractivity contribution in [1.82, 2.24) is 19.7 Å². The number of nitrogens with one attached hydrogen (secondary N) is 1. The second-order valence-corrected chi connectivity index (χ2v) is 5.85. The van der Waals surface area contributed by atoms with Gasteiger partial charge in [0.25, 0.3) is 0 Å². The number of carbonyl (C=O) groups is 1. The van der Waals surface area contributed by atoms with E-state index in [-0.39, 0.29) is 6.42 Å². The molecule has 7 nitrogen and oxygen atoms in total. The van der Waals surface area contributed by atoms with Crippen LogP contribution in [0.5, 0.6) is 0 Å². The molecule has 2 aromatic carbocycles. The van der Waals surface area contributed by atoms with Gasteiger partial charge in [-0.1, -0.05) is 24.3 Å². The highest BCUT2D eigenvalue weighted by molar-refractivity contribution is 5.76. The summed E-state index contributed by atoms with van der Waals surface area (Å²) in [7, 11) is 0. The Morgan fingerprint density at radius 1 is 1.11 bits per heavy atom. The van der Waals surface area contributed by atoms with Gasteiger partial charge in [0.15, 0.2) is 10.9 Å². The molecule has 28 heavy (non-hydrogen) atoms. The number of aromatic nitrogens is 3. The topological polar surface area (TPSA) is 98.1 Å². The van der Waals surface area contributed by atoms with Crippen molar-refractivity contribution in [3.63, 3.8) is 0 Å². The van der Waals surface area contributed by atoms with Crippen molar-refractivity contribution in [3.05, 3.63) is 66.0 Å². The van der Waals surface area contributed by atoms with Crippen LogP contribution in [0.2, 0.25) is 0 Å². The number of nitrogens with zero attached hydrogens (tertiary/aromatic N) is 5. The van der Waals surface area contributed by atoms with Gasteiger partial charge in [0.2, 0.25) is 4.91 Å². The summed E-state index contributed by atoms with van der Waals surface area (Å²) in [5, 5.41) is 7.42. The lowest BCUT2D eigenvalue weighted by Gasteiger charge is -2.07. The van der Waals surface area contributed by atoms with Crippen molar-refractivity contribution in [1.29, 1.82) is 5.53 Å². The van der Waals surface area contributed by atoms with Crippen LogP contribution >= 0.6 is 0 Å². The van der Waals surface area contributed by atoms with Crippen LogP contribution in [0.15, 0.2) is 60.0 Å². The SMILES string of the molecule is N=[N+]=NC(=O)CCc1ccc(-c2ncn(-c3ccc(C(F)(F)F)cc3)n2)cc1. The van der Waals surface area contributed by atoms with Crippen LogP contribution in [-0.4, -0.2) is 20.7 Å². The van der Waals surface area contributed by atoms with E-state index in [1.54, 1.807) is 12.1 Å². The maximum atomic E-state index is 12.6. The van der Waals surface area contributed by atoms with E-state index < -0.39 is 17.6 Å². The number of alkyl halides is 3. The molecule has 0 atom stereocenters. The lowest BCUT2D eigenvalue weighted by molar-refractivity contribution is -0.137. The molecule has 0 radical (unpaired) electrons. The number of amides is 1. The average molecular weight is 387 g/mol. The van der Waals surface area contributed by atoms with E-state index in [1.165, 1.54) is 23.1 Å². The van der Waals surface area contributed by atoms with Gasteiger partial charge in [-0.15, -0.1) is 5.10 Å². The fraction of sp³-hybridized carbons (Fsp3) is 0.167. The van der Waals surface area contributed by atoms with Gasteiger partial charge < -0.3 is 0 Å². The highest BCUT2D eigenvalue weighted by atomic mass is 19.4. The molecular formula is C18H14F3N6O+. The fourth-order valence-corrected chi connectivity index (χ4v) is 2.50. The Labute approximate surface area is 157 Å². The summed E-state index contributed by atoms with van der Waals surface area (Å²) < 4.78 is 39.3. The molecule has 0 unspecified atom stereocenters. The van der Waals surface area contributed by atoms with Crippen molar-refractivity contribution < 1.29 is 18.0 Å². The van der Waals surface area contributed by atoms with Crippen LogP contribution in [0, 0.1) is 5.53 Å². The zero-order valence-electron chi connectivity index (χ0n) is 14.4. The Kier molecular flexibility index (Phi) is 5.42. The average Bonchev–Trinajstić information content (AvgIpc) is 3.17. The number of halogens is 3. The van der Waals surface area contributed by atoms with Crippen molar-refractivity contribution in [2.75, 3.05) is 0 Å². The van der Waals surface area contributed by atoms with E-state index in [9.17, 15) is 18.0 Å². The second kappa shape index (κ2) is 7.93. The maximum Gasteiger partial charge on any atom is 0.416 e. The molecular weight excluding hydrogens is 373 g/mol. The van der Waals surface area contributed by atoms with Crippen LogP contribution in [0.3, 0.4) is 0 Å². The van der Waals surface area contributed by atoms with Crippen LogP contribution in [0.25, 0.3) is 17.1 Å². The molecule has 1 aromatic heterocycles. The summed E-state index contributed by atoms with van der Waals surface area (Å²) in [5.41, 5.74) is 7.88. The minimum Gasteiger partial charge on any atom is -0.265 e. The summed E-state index contributed by atoms with van der Waals surface area (Å²) in [6.45, 7) is 0. The number of hydrogen-bond acceptors (Lipinski definition) is 4. The van der Waals surface area contributed by atoms with E-state index in [1.807, 2.05) is 12.1 Å². The van der Waals surface area contributed by atoms with Gasteiger partial charge in [-0.3, -0.25) is 4.79 Å². The molecule has 142 valence electrons. The van der Waals surface area contributed by atoms with Crippen LogP contribution in [0.4, 0.5) is 13.2 Å². The van der Waals surface area contributed by atoms with Crippen LogP contribution in [-0.2, 0) is 17.4 Å². The Bertz CT molecular complexity index is 1020. The Hall–Kier alpha value is -3.65. The summed E-state index contributed by atoms with van der Waals surface area (Å²) in [6.07, 6.45) is -2.34. The number of rotatable bonds is 5. The molecule has 1 N–H and O–H groups in total. The third-order valence-corrected chi connectivity index (χ3v) is 3.95. The summed E-state index contributed by atoms with van der Waals surface area (Å²) >= 11 is 0. The summed E-state index contributed by atoms with van der Waals surface area (Å²) in [4.78, 5) is 18.1. The first-order valence-corrected chi connectivity index (χ1v) is 8.16. The van der Waals surface area contributed by atoms with E-state index in [2.05, 4.69) is 20.1 Å². The monoisotopic (exact) mass is 387 g/mol. The number of aryl methyl sites for hydroxylation is 1. The van der Waals surface area contributed by atoms with Gasteiger partial charge in [0.05, 0.1) is 11.3 Å². The molecule has 3 aromatic rings. The first-order valence-electron chi connectivity index (χ1n) is 8.16. The largest absolute Gasteiger partial charge is 0.416 e. The van der Waals surface area contributed by atoms with Gasteiger partial charge in [-0.05, 0) is 36.2 Å². The molecule has 1 heterocycles. The summed E-state index contributed by atoms with van der Waals surface area (Å²) in [5.74, 6) is -0.0402. The Morgan fingerprint density at radius 2 is 1.79 bits per heavy atom. The minimum atomic E-state index is -4.39. The lowest BCUT2D eigenvalue weighted by Crippen LogP contribution is -2.05. The first kappa shape index (κ1) is 19.1. The van der Waals surface area contributed by atoms with Gasteiger partial charge in [-0.2, -0.15) is 13.2 Å². The molecule has 0 saturated carbocycles. The maximum absolute atomic E-state index is 12.6. The van der Waals surface area contributed by atoms with Gasteiger partial charge in [-0.25, -0.2) is 9.67 Å². The zero-order chi connectivity index (χ0) is 20.1. The number of hydrogen-bond donors (Lipinski definition) is 1. The molecule has 0 fully saturated rings. The minimum absolute atomic E-state index is 0.155. The number of benzene rings is 2. The zero-order valence-corrected chi connectivity index (χ0v) is 14.4. The lowest BCUT2D eigenvalue weighted by atomic mass is 10.1. The molecule has 10 heteroatoms. The van der Waals surface area contributed by atoms with Crippen molar-refractivity contribution in [2.45, 2.75) is 19.0 Å². The quantitative estimate of drug-likeness (QED) is 0.530. The van der Waals surface area contributed by atoms with E-state index in [0.29, 0.717) is 17.9 Å². The Morgan fingerprint density at radius 3 is 2.39 bits per heavy atom. The molecule has 0 saturated heterocycles. The van der Waals surface area contributed by atoms with Gasteiger partial charge >= 0.3 is 12.1 Å². The van der Waals surface area contributed by atoms with Crippen molar-refractivity contribution in [2.24, 2.45) is 5.11 Å². The van der Waals surface area contributed by atoms with E-state index in [0.717, 1.165) is 23.3 Å². The molecule has 0 aliphatic rings. The predicted molar refractivity (Wildman–Crippen MR) is 92.4 cm³/mol. The third kappa shape index (κ3) is 4.54. The molecule has 0 bridgehead atoms. The Balaban J connectivity index is 1.71. The highest BCUT2D eigenvalue weighted by Gasteiger charge is 2.30. The normalized spacial score (nSPS) is 11.1. The van der Waals surface area contributed by atoms with E-state index in [4.69, 9.17) is 5.53 Å². The van der Waals surface area contributed by atoms with E-state index >= 15 is 0 Å². The smallest absolute Gasteiger partial charge is 0.265 e. The predicted octanol–water partition coefficient (Wildman–Crippen LogP) is 3.96. The summed E-state index contributed by atoms with van der Waals surface area (Å²) in [6, 6.07) is 11.9. The number of carbonyl (C=O) groups excluding carboxylic acids is 1. The molecule has 0 aliphatic carbocycles. The van der Waals surface area contributed by atoms with Crippen molar-refractivity contribution >= 4 is 5.91 Å². The molecule has 1 amide bonds. The molecule has 3 rings (SSSR count). The van der Waals surface area contributed by atoms with Crippen LogP contribution in [0.1, 0.15) is 17.5 Å². The van der Waals surface area contributed by atoms with Crippen LogP contribution < -0.4 is 4.91 Å². The van der Waals surface area contributed by atoms with Crippen molar-refractivity contribution in [3.8, 4) is 17.1 Å². The first-order chi connectivity index (χ1) is 13.4. The van der Waals surface area contributed by atoms with Gasteiger partial charge in [0, 0.05) is 12.0 Å². The second-order valence-electron chi connectivity index (χ2n) is 5.85. The fourth-order valence-electron chi connectivity index (χ4n) is 2.50. The third-order valence-electron chi connectivity index (χ3n) is 3.95. The molecule has 0 aliphatic heterocycles. The van der Waals surface area contributed by atoms with Gasteiger partial charge in [0.1, 0.15) is 11.9 Å². The standard InChI is InChI=1S/C18H14F3N6O/c19-18(20,21)14-6-8-15(9-7-14)27-11-23-17(25-27)13-4-1-12(2-5-13)3-10-16(28)24-26-22/h1-2,4-9,11,22H,3,10H2/q+1.